The van der Waals surface area contributed by atoms with Gasteiger partial charge in [0.15, 0.2) is 0 Å². The number of sulfonamides is 1. The zero-order valence-corrected chi connectivity index (χ0v) is 13.5. The fourth-order valence-corrected chi connectivity index (χ4v) is 3.65. The van der Waals surface area contributed by atoms with Gasteiger partial charge in [-0.05, 0) is 42.8 Å². The van der Waals surface area contributed by atoms with Gasteiger partial charge in [0.1, 0.15) is 5.82 Å². The zero-order chi connectivity index (χ0) is 14.9. The van der Waals surface area contributed by atoms with Crippen LogP contribution in [0.4, 0.5) is 10.1 Å². The van der Waals surface area contributed by atoms with Gasteiger partial charge in [0, 0.05) is 9.50 Å². The summed E-state index contributed by atoms with van der Waals surface area (Å²) in [6, 6.07) is 8.52. The fourth-order valence-electron chi connectivity index (χ4n) is 1.64. The first-order valence-electron chi connectivity index (χ1n) is 5.53. The SMILES string of the molecule is Cc1ccc(Br)cc1S(=O)(=O)Nc1cc(Cl)ccc1F. The maximum absolute atomic E-state index is 13.6. The monoisotopic (exact) mass is 377 g/mol. The Morgan fingerprint density at radius 2 is 1.90 bits per heavy atom. The minimum absolute atomic E-state index is 0.0752. The first-order chi connectivity index (χ1) is 9.29. The van der Waals surface area contributed by atoms with Crippen LogP contribution in [-0.2, 0) is 10.0 Å². The van der Waals surface area contributed by atoms with Crippen molar-refractivity contribution < 1.29 is 12.8 Å². The second-order valence-corrected chi connectivity index (χ2v) is 7.14. The molecule has 0 amide bonds. The van der Waals surface area contributed by atoms with E-state index in [1.165, 1.54) is 18.2 Å². The molecule has 0 atom stereocenters. The molecule has 0 unspecified atom stereocenters. The first-order valence-corrected chi connectivity index (χ1v) is 8.19. The lowest BCUT2D eigenvalue weighted by atomic mass is 10.2. The Kier molecular flexibility index (Phi) is 4.36. The van der Waals surface area contributed by atoms with Crippen molar-refractivity contribution in [1.82, 2.24) is 0 Å². The number of nitrogens with one attached hydrogen (secondary N) is 1. The molecule has 0 aliphatic heterocycles. The molecular weight excluding hydrogens is 369 g/mol. The Labute approximate surface area is 130 Å². The lowest BCUT2D eigenvalue weighted by Crippen LogP contribution is -2.15. The standard InChI is InChI=1S/C13H10BrClFNO2S/c1-8-2-3-9(14)6-13(8)20(18,19)17-12-7-10(15)4-5-11(12)16/h2-7,17H,1H3. The summed E-state index contributed by atoms with van der Waals surface area (Å²) in [5.74, 6) is -0.689. The van der Waals surface area contributed by atoms with Gasteiger partial charge in [-0.3, -0.25) is 4.72 Å². The van der Waals surface area contributed by atoms with Crippen molar-refractivity contribution in [1.29, 1.82) is 0 Å². The van der Waals surface area contributed by atoms with Crippen LogP contribution >= 0.6 is 27.5 Å². The third kappa shape index (κ3) is 3.31. The average molecular weight is 379 g/mol. The van der Waals surface area contributed by atoms with Crippen LogP contribution in [0, 0.1) is 12.7 Å². The van der Waals surface area contributed by atoms with Crippen molar-refractivity contribution >= 4 is 43.2 Å². The van der Waals surface area contributed by atoms with E-state index >= 15 is 0 Å². The Bertz CT molecular complexity index is 765. The normalized spacial score (nSPS) is 11.4. The van der Waals surface area contributed by atoms with Crippen molar-refractivity contribution in [3.63, 3.8) is 0 Å². The highest BCUT2D eigenvalue weighted by Gasteiger charge is 2.19. The fraction of sp³-hybridized carbons (Fsp3) is 0.0769. The Morgan fingerprint density at radius 3 is 2.60 bits per heavy atom. The molecule has 0 aliphatic rings. The number of hydrogen-bond acceptors (Lipinski definition) is 2. The number of rotatable bonds is 3. The van der Waals surface area contributed by atoms with E-state index in [0.29, 0.717) is 10.0 Å². The molecule has 106 valence electrons. The summed E-state index contributed by atoms with van der Waals surface area (Å²) in [6.45, 7) is 1.66. The Hall–Kier alpha value is -1.11. The van der Waals surface area contributed by atoms with E-state index in [1.807, 2.05) is 0 Å². The predicted octanol–water partition coefficient (Wildman–Crippen LogP) is 4.35. The molecule has 3 nitrogen and oxygen atoms in total. The van der Waals surface area contributed by atoms with Gasteiger partial charge in [-0.15, -0.1) is 0 Å². The van der Waals surface area contributed by atoms with Gasteiger partial charge < -0.3 is 0 Å². The Balaban J connectivity index is 2.46. The molecule has 0 saturated heterocycles. The van der Waals surface area contributed by atoms with E-state index in [-0.39, 0.29) is 15.6 Å². The first kappa shape index (κ1) is 15.3. The van der Waals surface area contributed by atoms with E-state index in [9.17, 15) is 12.8 Å². The molecule has 0 spiro atoms. The molecule has 0 aliphatic carbocycles. The number of anilines is 1. The van der Waals surface area contributed by atoms with Gasteiger partial charge in [-0.2, -0.15) is 0 Å². The molecule has 2 aromatic carbocycles. The van der Waals surface area contributed by atoms with Crippen molar-refractivity contribution in [2.45, 2.75) is 11.8 Å². The molecule has 0 bridgehead atoms. The smallest absolute Gasteiger partial charge is 0.262 e. The number of aryl methyl sites for hydroxylation is 1. The molecule has 0 aromatic heterocycles. The van der Waals surface area contributed by atoms with Gasteiger partial charge in [-0.1, -0.05) is 33.6 Å². The third-order valence-electron chi connectivity index (χ3n) is 2.61. The summed E-state index contributed by atoms with van der Waals surface area (Å²) < 4.78 is 41.0. The van der Waals surface area contributed by atoms with E-state index in [1.54, 1.807) is 19.1 Å². The second kappa shape index (κ2) is 5.71. The van der Waals surface area contributed by atoms with E-state index in [0.717, 1.165) is 6.07 Å². The average Bonchev–Trinajstić information content (AvgIpc) is 2.36. The lowest BCUT2D eigenvalue weighted by molar-refractivity contribution is 0.598. The van der Waals surface area contributed by atoms with Crippen molar-refractivity contribution in [2.75, 3.05) is 4.72 Å². The van der Waals surface area contributed by atoms with Crippen LogP contribution < -0.4 is 4.72 Å². The second-order valence-electron chi connectivity index (χ2n) is 4.14. The summed E-state index contributed by atoms with van der Waals surface area (Å²) in [6.07, 6.45) is 0. The van der Waals surface area contributed by atoms with Crippen LogP contribution in [0.5, 0.6) is 0 Å². The number of benzene rings is 2. The van der Waals surface area contributed by atoms with Gasteiger partial charge in [0.05, 0.1) is 10.6 Å². The number of hydrogen-bond donors (Lipinski definition) is 1. The van der Waals surface area contributed by atoms with Crippen LogP contribution in [0.2, 0.25) is 5.02 Å². The van der Waals surface area contributed by atoms with Crippen LogP contribution in [-0.4, -0.2) is 8.42 Å². The van der Waals surface area contributed by atoms with Crippen LogP contribution in [0.15, 0.2) is 45.8 Å². The highest BCUT2D eigenvalue weighted by atomic mass is 79.9. The van der Waals surface area contributed by atoms with Crippen LogP contribution in [0.3, 0.4) is 0 Å². The molecule has 0 fully saturated rings. The third-order valence-corrected chi connectivity index (χ3v) is 4.85. The topological polar surface area (TPSA) is 46.2 Å². The highest BCUT2D eigenvalue weighted by molar-refractivity contribution is 9.10. The minimum atomic E-state index is -3.88. The minimum Gasteiger partial charge on any atom is -0.277 e. The maximum atomic E-state index is 13.6. The van der Waals surface area contributed by atoms with Crippen molar-refractivity contribution in [2.24, 2.45) is 0 Å². The van der Waals surface area contributed by atoms with Gasteiger partial charge >= 0.3 is 0 Å². The molecule has 0 heterocycles. The number of halogens is 3. The predicted molar refractivity (Wildman–Crippen MR) is 81.1 cm³/mol. The van der Waals surface area contributed by atoms with Gasteiger partial charge in [0.2, 0.25) is 0 Å². The van der Waals surface area contributed by atoms with Crippen molar-refractivity contribution in [3.05, 3.63) is 57.3 Å². The molecule has 0 saturated carbocycles. The van der Waals surface area contributed by atoms with E-state index in [2.05, 4.69) is 20.7 Å². The molecular formula is C13H10BrClFNO2S. The van der Waals surface area contributed by atoms with Crippen molar-refractivity contribution in [3.8, 4) is 0 Å². The summed E-state index contributed by atoms with van der Waals surface area (Å²) in [7, 11) is -3.88. The lowest BCUT2D eigenvalue weighted by Gasteiger charge is -2.11. The maximum Gasteiger partial charge on any atom is 0.262 e. The van der Waals surface area contributed by atoms with Crippen LogP contribution in [0.25, 0.3) is 0 Å². The van der Waals surface area contributed by atoms with Crippen LogP contribution in [0.1, 0.15) is 5.56 Å². The summed E-state index contributed by atoms with van der Waals surface area (Å²) in [5, 5.41) is 0.245. The van der Waals surface area contributed by atoms with Gasteiger partial charge in [0.25, 0.3) is 10.0 Å². The van der Waals surface area contributed by atoms with Gasteiger partial charge in [-0.25, -0.2) is 12.8 Å². The van der Waals surface area contributed by atoms with E-state index < -0.39 is 15.8 Å². The summed E-state index contributed by atoms with van der Waals surface area (Å²) in [4.78, 5) is 0.0752. The molecule has 7 heteroatoms. The summed E-state index contributed by atoms with van der Waals surface area (Å²) >= 11 is 8.95. The molecule has 2 rings (SSSR count). The quantitative estimate of drug-likeness (QED) is 0.863. The highest BCUT2D eigenvalue weighted by Crippen LogP contribution is 2.26. The largest absolute Gasteiger partial charge is 0.277 e. The molecule has 2 aromatic rings. The molecule has 20 heavy (non-hydrogen) atoms. The molecule has 1 N–H and O–H groups in total. The van der Waals surface area contributed by atoms with E-state index in [4.69, 9.17) is 11.6 Å². The summed E-state index contributed by atoms with van der Waals surface area (Å²) in [5.41, 5.74) is 0.375. The zero-order valence-electron chi connectivity index (χ0n) is 10.3. The Morgan fingerprint density at radius 1 is 1.20 bits per heavy atom. The molecule has 0 radical (unpaired) electrons.